The van der Waals surface area contributed by atoms with Crippen LogP contribution in [-0.2, 0) is 17.4 Å². The molecule has 5 heteroatoms. The standard InChI is InChI=1S/C22H26NSi.2ClH.Cr/c1-7-14-24(5,6)22-17(4)15(2)16(3)20(22)19-12-8-10-18-11-9-13-23-21(18)19;;;/h7-14H,1-6H3;2*1H;/q-1;;;+3/p-2. The summed E-state index contributed by atoms with van der Waals surface area (Å²) in [5.41, 5.74) is 10.6. The molecular formula is C22H26Cl2CrNSi. The zero-order valence-corrected chi connectivity index (χ0v) is 20.5. The third-order valence-electron chi connectivity index (χ3n) is 5.25. The molecule has 0 saturated carbocycles. The van der Waals surface area contributed by atoms with Gasteiger partial charge in [0.15, 0.2) is 0 Å². The van der Waals surface area contributed by atoms with Gasteiger partial charge in [-0.2, -0.15) is 0 Å². The van der Waals surface area contributed by atoms with Crippen molar-refractivity contribution < 1.29 is 42.2 Å². The predicted octanol–water partition coefficient (Wildman–Crippen LogP) is -0.418. The van der Waals surface area contributed by atoms with Gasteiger partial charge < -0.3 is 24.8 Å². The molecule has 0 aliphatic carbocycles. The van der Waals surface area contributed by atoms with E-state index >= 15 is 0 Å². The van der Waals surface area contributed by atoms with Gasteiger partial charge in [0, 0.05) is 11.7 Å². The summed E-state index contributed by atoms with van der Waals surface area (Å²) in [6, 6.07) is 10.7. The van der Waals surface area contributed by atoms with E-state index in [1.54, 1.807) is 5.19 Å². The van der Waals surface area contributed by atoms with Crippen molar-refractivity contribution in [3.05, 3.63) is 65.0 Å². The first-order valence-electron chi connectivity index (χ1n) is 8.63. The molecule has 3 aromatic rings. The Hall–Kier alpha value is -0.951. The van der Waals surface area contributed by atoms with Crippen LogP contribution in [0.5, 0.6) is 0 Å². The number of pyridine rings is 1. The van der Waals surface area contributed by atoms with Gasteiger partial charge in [-0.15, -0.1) is 27.9 Å². The summed E-state index contributed by atoms with van der Waals surface area (Å²) < 4.78 is 0. The molecule has 0 spiro atoms. The van der Waals surface area contributed by atoms with Crippen molar-refractivity contribution in [1.29, 1.82) is 0 Å². The Morgan fingerprint density at radius 3 is 2.22 bits per heavy atom. The predicted molar refractivity (Wildman–Crippen MR) is 109 cm³/mol. The van der Waals surface area contributed by atoms with Gasteiger partial charge >= 0.3 is 17.4 Å². The van der Waals surface area contributed by atoms with Gasteiger partial charge in [0.2, 0.25) is 0 Å². The van der Waals surface area contributed by atoms with Crippen molar-refractivity contribution in [1.82, 2.24) is 4.98 Å². The first-order chi connectivity index (χ1) is 11.4. The fourth-order valence-electron chi connectivity index (χ4n) is 3.98. The second-order valence-electron chi connectivity index (χ2n) is 7.23. The van der Waals surface area contributed by atoms with Crippen LogP contribution in [-0.4, -0.2) is 13.1 Å². The molecule has 0 saturated heterocycles. The number of nitrogens with zero attached hydrogens (tertiary/aromatic N) is 1. The minimum Gasteiger partial charge on any atom is -1.00 e. The quantitative estimate of drug-likeness (QED) is 0.387. The minimum atomic E-state index is -1.66. The van der Waals surface area contributed by atoms with Gasteiger partial charge in [-0.25, -0.2) is 0 Å². The largest absolute Gasteiger partial charge is 3.00 e. The summed E-state index contributed by atoms with van der Waals surface area (Å²) >= 11 is 0. The van der Waals surface area contributed by atoms with Gasteiger partial charge in [-0.1, -0.05) is 75.0 Å². The molecule has 0 aliphatic rings. The van der Waals surface area contributed by atoms with Crippen LogP contribution in [0.1, 0.15) is 23.6 Å². The van der Waals surface area contributed by atoms with E-state index in [1.165, 1.54) is 33.2 Å². The molecule has 1 aromatic heterocycles. The Morgan fingerprint density at radius 1 is 0.963 bits per heavy atom. The van der Waals surface area contributed by atoms with Crippen molar-refractivity contribution in [2.24, 2.45) is 0 Å². The normalized spacial score (nSPS) is 11.0. The summed E-state index contributed by atoms with van der Waals surface area (Å²) in [6.45, 7) is 13.8. The molecule has 1 radical (unpaired) electrons. The number of hydrogen-bond acceptors (Lipinski definition) is 1. The van der Waals surface area contributed by atoms with Gasteiger partial charge in [0.25, 0.3) is 0 Å². The van der Waals surface area contributed by atoms with Crippen LogP contribution in [0.4, 0.5) is 0 Å². The molecule has 143 valence electrons. The van der Waals surface area contributed by atoms with E-state index in [2.05, 4.69) is 76.8 Å². The summed E-state index contributed by atoms with van der Waals surface area (Å²) in [5.74, 6) is 0. The molecule has 0 atom stereocenters. The van der Waals surface area contributed by atoms with Crippen molar-refractivity contribution in [3.8, 4) is 11.1 Å². The van der Waals surface area contributed by atoms with Gasteiger partial charge in [0.05, 0.1) is 8.07 Å². The number of para-hydroxylation sites is 1. The molecule has 0 amide bonds. The molecule has 0 fully saturated rings. The Kier molecular flexibility index (Phi) is 9.65. The van der Waals surface area contributed by atoms with Crippen LogP contribution < -0.4 is 30.0 Å². The molecule has 3 rings (SSSR count). The van der Waals surface area contributed by atoms with E-state index in [-0.39, 0.29) is 42.2 Å². The van der Waals surface area contributed by atoms with E-state index in [9.17, 15) is 0 Å². The number of rotatable bonds is 3. The topological polar surface area (TPSA) is 12.9 Å². The van der Waals surface area contributed by atoms with E-state index in [0.29, 0.717) is 0 Å². The van der Waals surface area contributed by atoms with Crippen molar-refractivity contribution >= 4 is 24.2 Å². The average Bonchev–Trinajstić information content (AvgIpc) is 2.79. The molecular weight excluding hydrogens is 429 g/mol. The third-order valence-corrected chi connectivity index (χ3v) is 8.34. The van der Waals surface area contributed by atoms with E-state index in [4.69, 9.17) is 4.98 Å². The fraction of sp³-hybridized carbons (Fsp3) is 0.273. The molecule has 0 aliphatic heterocycles. The van der Waals surface area contributed by atoms with Crippen LogP contribution >= 0.6 is 0 Å². The number of benzene rings is 1. The maximum Gasteiger partial charge on any atom is 3.00 e. The Balaban J connectivity index is 0.00000225. The monoisotopic (exact) mass is 454 g/mol. The van der Waals surface area contributed by atoms with E-state index < -0.39 is 8.07 Å². The van der Waals surface area contributed by atoms with Crippen molar-refractivity contribution in [2.75, 3.05) is 0 Å². The number of allylic oxidation sites excluding steroid dienone is 1. The average molecular weight is 455 g/mol. The Labute approximate surface area is 187 Å². The molecule has 1 heterocycles. The van der Waals surface area contributed by atoms with Crippen molar-refractivity contribution in [2.45, 2.75) is 40.8 Å². The van der Waals surface area contributed by atoms with Gasteiger partial charge in [-0.3, -0.25) is 4.98 Å². The zero-order chi connectivity index (χ0) is 17.5. The maximum absolute atomic E-state index is 4.70. The second-order valence-corrected chi connectivity index (χ2v) is 11.5. The smallest absolute Gasteiger partial charge is 1.00 e. The number of fused-ring (bicyclic) bond motifs is 1. The van der Waals surface area contributed by atoms with E-state index in [1.807, 2.05) is 12.3 Å². The third kappa shape index (κ3) is 4.56. The van der Waals surface area contributed by atoms with Gasteiger partial charge in [-0.05, 0) is 18.4 Å². The van der Waals surface area contributed by atoms with Crippen molar-refractivity contribution in [3.63, 3.8) is 0 Å². The molecule has 2 aromatic carbocycles. The second kappa shape index (κ2) is 10.0. The number of halogens is 2. The SMILES string of the molecule is CC=C[Si](C)(C)c1c(C)c(C)c(C)[c-]1-c1cccc2cccnc12.[Cl-].[Cl-].[Cr+3]. The summed E-state index contributed by atoms with van der Waals surface area (Å²) in [4.78, 5) is 4.70. The Morgan fingerprint density at radius 2 is 1.59 bits per heavy atom. The first kappa shape index (κ1) is 26.0. The van der Waals surface area contributed by atoms with Crippen LogP contribution in [0.3, 0.4) is 0 Å². The molecule has 0 N–H and O–H groups in total. The molecule has 1 nitrogen and oxygen atoms in total. The van der Waals surface area contributed by atoms with Crippen LogP contribution in [0.2, 0.25) is 13.1 Å². The molecule has 0 bridgehead atoms. The minimum absolute atomic E-state index is 0. The fourth-order valence-corrected chi connectivity index (χ4v) is 7.10. The number of aromatic nitrogens is 1. The summed E-state index contributed by atoms with van der Waals surface area (Å²) in [6.07, 6.45) is 4.12. The van der Waals surface area contributed by atoms with Crippen LogP contribution in [0.15, 0.2) is 48.3 Å². The summed E-state index contributed by atoms with van der Waals surface area (Å²) in [5, 5.41) is 2.77. The maximum atomic E-state index is 4.70. The zero-order valence-electron chi connectivity index (χ0n) is 16.7. The van der Waals surface area contributed by atoms with Crippen LogP contribution in [0, 0.1) is 20.8 Å². The van der Waals surface area contributed by atoms with Crippen LogP contribution in [0.25, 0.3) is 22.0 Å². The number of hydrogen-bond donors (Lipinski definition) is 0. The molecule has 27 heavy (non-hydrogen) atoms. The summed E-state index contributed by atoms with van der Waals surface area (Å²) in [7, 11) is -1.66. The van der Waals surface area contributed by atoms with E-state index in [0.717, 1.165) is 5.52 Å². The van der Waals surface area contributed by atoms with Gasteiger partial charge in [0.1, 0.15) is 0 Å². The molecule has 0 unspecified atom stereocenters. The Bertz CT molecular complexity index is 940. The first-order valence-corrected chi connectivity index (χ1v) is 11.7.